The second-order valence-electron chi connectivity index (χ2n) is 5.96. The van der Waals surface area contributed by atoms with Crippen LogP contribution in [0.4, 0.5) is 0 Å². The Bertz CT molecular complexity index is 476. The summed E-state index contributed by atoms with van der Waals surface area (Å²) in [6.07, 6.45) is 8.69. The van der Waals surface area contributed by atoms with Gasteiger partial charge in [-0.15, -0.1) is 0 Å². The molecule has 2 aliphatic heterocycles. The first-order chi connectivity index (χ1) is 9.76. The fourth-order valence-corrected chi connectivity index (χ4v) is 3.94. The number of nitrogens with zero attached hydrogens (tertiary/aromatic N) is 2. The van der Waals surface area contributed by atoms with Crippen LogP contribution < -0.4 is 5.32 Å². The lowest BCUT2D eigenvalue weighted by atomic mass is 9.78. The maximum Gasteiger partial charge on any atom is 0.223 e. The van der Waals surface area contributed by atoms with E-state index >= 15 is 0 Å². The van der Waals surface area contributed by atoms with Gasteiger partial charge < -0.3 is 10.2 Å². The first-order valence-corrected chi connectivity index (χ1v) is 7.69. The van der Waals surface area contributed by atoms with Gasteiger partial charge in [0.05, 0.1) is 5.54 Å². The highest BCUT2D eigenvalue weighted by Gasteiger charge is 2.50. The fourth-order valence-electron chi connectivity index (χ4n) is 3.94. The van der Waals surface area contributed by atoms with Gasteiger partial charge in [-0.1, -0.05) is 6.92 Å². The number of aromatic nitrogens is 1. The van der Waals surface area contributed by atoms with Gasteiger partial charge in [0.1, 0.15) is 0 Å². The molecule has 0 bridgehead atoms. The molecular weight excluding hydrogens is 250 g/mol. The number of hydrogen-bond acceptors (Lipinski definition) is 3. The Balaban J connectivity index is 1.87. The summed E-state index contributed by atoms with van der Waals surface area (Å²) < 4.78 is 0. The van der Waals surface area contributed by atoms with Gasteiger partial charge in [-0.2, -0.15) is 0 Å². The maximum absolute atomic E-state index is 12.4. The van der Waals surface area contributed by atoms with Crippen LogP contribution >= 0.6 is 0 Å². The lowest BCUT2D eigenvalue weighted by molar-refractivity contribution is -0.133. The predicted molar refractivity (Wildman–Crippen MR) is 78.1 cm³/mol. The number of piperidine rings is 1. The number of pyridine rings is 1. The number of nitrogens with one attached hydrogen (secondary N) is 1. The van der Waals surface area contributed by atoms with E-state index in [4.69, 9.17) is 0 Å². The summed E-state index contributed by atoms with van der Waals surface area (Å²) in [6, 6.07) is 4.46. The van der Waals surface area contributed by atoms with Gasteiger partial charge in [-0.3, -0.25) is 9.78 Å². The summed E-state index contributed by atoms with van der Waals surface area (Å²) in [7, 11) is 0. The molecule has 3 rings (SSSR count). The molecule has 1 aromatic heterocycles. The highest BCUT2D eigenvalue weighted by atomic mass is 16.2. The Hall–Kier alpha value is -1.42. The van der Waals surface area contributed by atoms with Crippen molar-refractivity contribution in [3.8, 4) is 0 Å². The molecule has 20 heavy (non-hydrogen) atoms. The van der Waals surface area contributed by atoms with Gasteiger partial charge in [0.25, 0.3) is 0 Å². The van der Waals surface area contributed by atoms with Crippen LogP contribution in [0, 0.1) is 0 Å². The van der Waals surface area contributed by atoms with Crippen LogP contribution in [0.5, 0.6) is 0 Å². The maximum atomic E-state index is 12.4. The summed E-state index contributed by atoms with van der Waals surface area (Å²) in [5.74, 6) is 0.309. The molecule has 2 saturated heterocycles. The zero-order valence-electron chi connectivity index (χ0n) is 12.1. The van der Waals surface area contributed by atoms with Crippen molar-refractivity contribution < 1.29 is 4.79 Å². The third-order valence-electron chi connectivity index (χ3n) is 4.93. The van der Waals surface area contributed by atoms with Gasteiger partial charge in [0.15, 0.2) is 0 Å². The molecule has 3 heterocycles. The Morgan fingerprint density at radius 3 is 2.95 bits per heavy atom. The molecule has 0 unspecified atom stereocenters. The second-order valence-corrected chi connectivity index (χ2v) is 5.96. The SMILES string of the molecule is CC[C@@H]1NCCC[C@@]12CCC(=O)N2Cc1ccncc1. The summed E-state index contributed by atoms with van der Waals surface area (Å²) in [6.45, 7) is 4.02. The van der Waals surface area contributed by atoms with Crippen LogP contribution in [-0.2, 0) is 11.3 Å². The Labute approximate surface area is 120 Å². The molecule has 1 N–H and O–H groups in total. The first-order valence-electron chi connectivity index (χ1n) is 7.69. The summed E-state index contributed by atoms with van der Waals surface area (Å²) in [5.41, 5.74) is 1.21. The molecule has 4 heteroatoms. The van der Waals surface area contributed by atoms with Crippen LogP contribution in [0.25, 0.3) is 0 Å². The van der Waals surface area contributed by atoms with Crippen LogP contribution in [0.2, 0.25) is 0 Å². The Morgan fingerprint density at radius 1 is 1.40 bits per heavy atom. The molecule has 0 aliphatic carbocycles. The van der Waals surface area contributed by atoms with E-state index in [0.717, 1.165) is 38.8 Å². The van der Waals surface area contributed by atoms with Gasteiger partial charge in [-0.05, 0) is 49.9 Å². The molecule has 2 atom stereocenters. The molecule has 1 spiro atoms. The van der Waals surface area contributed by atoms with Gasteiger partial charge >= 0.3 is 0 Å². The lowest BCUT2D eigenvalue weighted by Crippen LogP contribution is -2.61. The number of carbonyl (C=O) groups is 1. The van der Waals surface area contributed by atoms with E-state index in [0.29, 0.717) is 18.4 Å². The van der Waals surface area contributed by atoms with Crippen molar-refractivity contribution in [1.82, 2.24) is 15.2 Å². The molecule has 4 nitrogen and oxygen atoms in total. The lowest BCUT2D eigenvalue weighted by Gasteiger charge is -2.48. The predicted octanol–water partition coefficient (Wildman–Crippen LogP) is 2.10. The zero-order valence-corrected chi connectivity index (χ0v) is 12.1. The van der Waals surface area contributed by atoms with E-state index < -0.39 is 0 Å². The largest absolute Gasteiger partial charge is 0.331 e. The minimum Gasteiger partial charge on any atom is -0.331 e. The topological polar surface area (TPSA) is 45.2 Å². The molecule has 1 aromatic rings. The summed E-state index contributed by atoms with van der Waals surface area (Å²) >= 11 is 0. The molecule has 0 aromatic carbocycles. The van der Waals surface area contributed by atoms with E-state index in [9.17, 15) is 4.79 Å². The average molecular weight is 273 g/mol. The normalized spacial score (nSPS) is 30.1. The minimum atomic E-state index is 0.0351. The van der Waals surface area contributed by atoms with E-state index in [1.165, 1.54) is 5.56 Å². The number of carbonyl (C=O) groups excluding carboxylic acids is 1. The number of likely N-dealkylation sites (tertiary alicyclic amines) is 1. The monoisotopic (exact) mass is 273 g/mol. The first kappa shape index (κ1) is 13.6. The fraction of sp³-hybridized carbons (Fsp3) is 0.625. The zero-order chi connectivity index (χ0) is 14.0. The van der Waals surface area contributed by atoms with Gasteiger partial charge in [-0.25, -0.2) is 0 Å². The third kappa shape index (κ3) is 2.22. The number of amides is 1. The average Bonchev–Trinajstić information content (AvgIpc) is 2.79. The van der Waals surface area contributed by atoms with E-state index in [-0.39, 0.29) is 5.54 Å². The Morgan fingerprint density at radius 2 is 2.20 bits per heavy atom. The molecule has 0 saturated carbocycles. The second kappa shape index (κ2) is 5.52. The van der Waals surface area contributed by atoms with Gasteiger partial charge in [0, 0.05) is 31.4 Å². The number of rotatable bonds is 3. The highest BCUT2D eigenvalue weighted by molar-refractivity contribution is 5.80. The minimum absolute atomic E-state index is 0.0351. The van der Waals surface area contributed by atoms with E-state index in [1.54, 1.807) is 12.4 Å². The standard InChI is InChI=1S/C16H23N3O/c1-2-14-16(7-3-9-18-14)8-4-15(20)19(16)12-13-5-10-17-11-6-13/h5-6,10-11,14,18H,2-4,7-9,12H2,1H3/t14-,16+/m0/s1. The van der Waals surface area contributed by atoms with Crippen molar-refractivity contribution >= 4 is 5.91 Å². The van der Waals surface area contributed by atoms with Crippen molar-refractivity contribution in [2.75, 3.05) is 6.54 Å². The van der Waals surface area contributed by atoms with Crippen LogP contribution in [0.15, 0.2) is 24.5 Å². The van der Waals surface area contributed by atoms with Crippen LogP contribution in [-0.4, -0.2) is 33.9 Å². The van der Waals surface area contributed by atoms with Crippen molar-refractivity contribution in [1.29, 1.82) is 0 Å². The third-order valence-corrected chi connectivity index (χ3v) is 4.93. The van der Waals surface area contributed by atoms with Crippen LogP contribution in [0.3, 0.4) is 0 Å². The van der Waals surface area contributed by atoms with Crippen molar-refractivity contribution in [2.45, 2.75) is 57.2 Å². The quantitative estimate of drug-likeness (QED) is 0.917. The van der Waals surface area contributed by atoms with Crippen molar-refractivity contribution in [3.63, 3.8) is 0 Å². The summed E-state index contributed by atoms with van der Waals surface area (Å²) in [4.78, 5) is 18.6. The molecule has 2 aliphatic rings. The highest BCUT2D eigenvalue weighted by Crippen LogP contribution is 2.41. The molecule has 0 radical (unpaired) electrons. The van der Waals surface area contributed by atoms with Crippen LogP contribution in [0.1, 0.15) is 44.6 Å². The van der Waals surface area contributed by atoms with Gasteiger partial charge in [0.2, 0.25) is 5.91 Å². The van der Waals surface area contributed by atoms with E-state index in [2.05, 4.69) is 22.1 Å². The smallest absolute Gasteiger partial charge is 0.223 e. The molecule has 2 fully saturated rings. The molecule has 1 amide bonds. The molecule has 108 valence electrons. The summed E-state index contributed by atoms with van der Waals surface area (Å²) in [5, 5.41) is 3.63. The Kier molecular flexibility index (Phi) is 3.74. The van der Waals surface area contributed by atoms with Crippen molar-refractivity contribution in [2.24, 2.45) is 0 Å². The number of hydrogen-bond donors (Lipinski definition) is 1. The van der Waals surface area contributed by atoms with E-state index in [1.807, 2.05) is 12.1 Å². The molecular formula is C16H23N3O. The van der Waals surface area contributed by atoms with Crippen molar-refractivity contribution in [3.05, 3.63) is 30.1 Å².